The Bertz CT molecular complexity index is 1590. The molecule has 1 unspecified atom stereocenters. The fraction of sp³-hybridized carbons (Fsp3) is 0.400. The molecule has 4 amide bonds. The van der Waals surface area contributed by atoms with E-state index in [2.05, 4.69) is 31.8 Å². The van der Waals surface area contributed by atoms with E-state index in [0.717, 1.165) is 52.6 Å². The van der Waals surface area contributed by atoms with Crippen LogP contribution in [0.4, 0.5) is 11.4 Å². The zero-order valence-electron chi connectivity index (χ0n) is 22.7. The number of carbonyl (C=O) groups is 4. The van der Waals surface area contributed by atoms with Crippen LogP contribution in [0.25, 0.3) is 11.3 Å². The third-order valence-electron chi connectivity index (χ3n) is 8.68. The number of hydrogen-bond donors (Lipinski definition) is 3. The van der Waals surface area contributed by atoms with Crippen molar-refractivity contribution in [3.05, 3.63) is 59.5 Å². The fourth-order valence-corrected chi connectivity index (χ4v) is 6.18. The number of pyridine rings is 1. The first-order valence-corrected chi connectivity index (χ1v) is 14.2. The zero-order valence-corrected chi connectivity index (χ0v) is 22.7. The SMILES string of the molecule is CNc1cccnc1-c1cn([C@H]2C[C@H](CNc3ccc4c(c3)C(=O)N(C3CCC(=O)NC3=O)C4=O)C2)nc1C1CC1. The summed E-state index contributed by atoms with van der Waals surface area (Å²) >= 11 is 0. The molecule has 0 spiro atoms. The minimum atomic E-state index is -0.964. The molecule has 1 saturated heterocycles. The number of rotatable bonds is 8. The predicted molar refractivity (Wildman–Crippen MR) is 150 cm³/mol. The van der Waals surface area contributed by atoms with Gasteiger partial charge in [-0.1, -0.05) is 0 Å². The molecule has 2 aromatic heterocycles. The topological polar surface area (TPSA) is 138 Å². The Morgan fingerprint density at radius 2 is 1.80 bits per heavy atom. The molecule has 3 aromatic rings. The standard InChI is InChI=1S/C30H31N7O4/c1-31-23-3-2-10-32-27(23)22-15-36(35-26(22)17-4-5-17)19-11-16(12-19)14-33-18-6-7-20-21(13-18)30(41)37(29(20)40)24-8-9-25(38)34-28(24)39/h2-3,6-7,10,13,15-17,19,24,31,33H,4-5,8-9,11-12,14H2,1H3,(H,34,38,39)/t16-,19-,24?. The van der Waals surface area contributed by atoms with E-state index in [1.165, 1.54) is 12.8 Å². The number of piperidine rings is 1. The first-order chi connectivity index (χ1) is 19.9. The monoisotopic (exact) mass is 553 g/mol. The smallest absolute Gasteiger partial charge is 0.262 e. The first kappa shape index (κ1) is 25.4. The molecule has 11 heteroatoms. The van der Waals surface area contributed by atoms with Gasteiger partial charge in [0.25, 0.3) is 11.8 Å². The Labute approximate surface area is 236 Å². The summed E-state index contributed by atoms with van der Waals surface area (Å²) in [6, 6.07) is 8.45. The quantitative estimate of drug-likeness (QED) is 0.361. The predicted octanol–water partition coefficient (Wildman–Crippen LogP) is 3.33. The lowest BCUT2D eigenvalue weighted by Gasteiger charge is -2.35. The first-order valence-electron chi connectivity index (χ1n) is 14.2. The highest BCUT2D eigenvalue weighted by atomic mass is 16.2. The van der Waals surface area contributed by atoms with Gasteiger partial charge in [0.1, 0.15) is 6.04 Å². The summed E-state index contributed by atoms with van der Waals surface area (Å²) in [6.45, 7) is 0.738. The molecule has 2 aliphatic heterocycles. The Morgan fingerprint density at radius 3 is 2.56 bits per heavy atom. The zero-order chi connectivity index (χ0) is 28.2. The van der Waals surface area contributed by atoms with Gasteiger partial charge in [0.2, 0.25) is 11.8 Å². The van der Waals surface area contributed by atoms with Gasteiger partial charge in [0, 0.05) is 49.6 Å². The molecule has 2 saturated carbocycles. The highest BCUT2D eigenvalue weighted by molar-refractivity contribution is 6.23. The van der Waals surface area contributed by atoms with E-state index < -0.39 is 23.8 Å². The normalized spacial score (nSPS) is 23.7. The summed E-state index contributed by atoms with van der Waals surface area (Å²) < 4.78 is 2.12. The maximum absolute atomic E-state index is 13.1. The summed E-state index contributed by atoms with van der Waals surface area (Å²) in [5.74, 6) is -1.03. The number of aromatic nitrogens is 3. The molecule has 1 aromatic carbocycles. The molecule has 2 aliphatic carbocycles. The van der Waals surface area contributed by atoms with Crippen molar-refractivity contribution in [3.8, 4) is 11.3 Å². The number of carbonyl (C=O) groups excluding carboxylic acids is 4. The largest absolute Gasteiger partial charge is 0.386 e. The van der Waals surface area contributed by atoms with Crippen molar-refractivity contribution in [1.29, 1.82) is 0 Å². The van der Waals surface area contributed by atoms with Crippen molar-refractivity contribution >= 4 is 35.0 Å². The molecular weight excluding hydrogens is 522 g/mol. The second kappa shape index (κ2) is 9.83. The molecular formula is C30H31N7O4. The highest BCUT2D eigenvalue weighted by Gasteiger charge is 2.44. The summed E-state index contributed by atoms with van der Waals surface area (Å²) in [5.41, 5.74) is 5.52. The number of benzene rings is 1. The molecule has 7 rings (SSSR count). The minimum absolute atomic E-state index is 0.0981. The molecule has 41 heavy (non-hydrogen) atoms. The number of nitrogens with one attached hydrogen (secondary N) is 3. The Balaban J connectivity index is 0.995. The van der Waals surface area contributed by atoms with Crippen LogP contribution in [-0.4, -0.2) is 62.9 Å². The van der Waals surface area contributed by atoms with Crippen molar-refractivity contribution in [2.75, 3.05) is 24.2 Å². The Kier molecular flexibility index (Phi) is 6.09. The van der Waals surface area contributed by atoms with Gasteiger partial charge in [-0.25, -0.2) is 0 Å². The number of nitrogens with zero attached hydrogens (tertiary/aromatic N) is 4. The maximum Gasteiger partial charge on any atom is 0.262 e. The molecule has 0 bridgehead atoms. The molecule has 3 fully saturated rings. The van der Waals surface area contributed by atoms with Crippen molar-refractivity contribution in [3.63, 3.8) is 0 Å². The van der Waals surface area contributed by atoms with Crippen LogP contribution < -0.4 is 16.0 Å². The summed E-state index contributed by atoms with van der Waals surface area (Å²) in [7, 11) is 1.91. The summed E-state index contributed by atoms with van der Waals surface area (Å²) in [4.78, 5) is 55.5. The summed E-state index contributed by atoms with van der Waals surface area (Å²) in [5, 5.41) is 13.9. The lowest BCUT2D eigenvalue weighted by molar-refractivity contribution is -0.136. The number of hydrogen-bond acceptors (Lipinski definition) is 8. The number of anilines is 2. The fourth-order valence-electron chi connectivity index (χ4n) is 6.18. The Hall–Kier alpha value is -4.54. The lowest BCUT2D eigenvalue weighted by Crippen LogP contribution is -2.54. The van der Waals surface area contributed by atoms with E-state index in [9.17, 15) is 19.2 Å². The van der Waals surface area contributed by atoms with Crippen LogP contribution in [0.5, 0.6) is 0 Å². The summed E-state index contributed by atoms with van der Waals surface area (Å²) in [6.07, 6.45) is 8.54. The van der Waals surface area contributed by atoms with Crippen LogP contribution in [0.2, 0.25) is 0 Å². The maximum atomic E-state index is 13.1. The Morgan fingerprint density at radius 1 is 1.00 bits per heavy atom. The van der Waals surface area contributed by atoms with Crippen molar-refractivity contribution < 1.29 is 19.2 Å². The van der Waals surface area contributed by atoms with Crippen LogP contribution in [0.3, 0.4) is 0 Å². The van der Waals surface area contributed by atoms with Gasteiger partial charge < -0.3 is 10.6 Å². The van der Waals surface area contributed by atoms with E-state index in [0.29, 0.717) is 17.9 Å². The minimum Gasteiger partial charge on any atom is -0.386 e. The molecule has 210 valence electrons. The van der Waals surface area contributed by atoms with Crippen molar-refractivity contribution in [1.82, 2.24) is 25.0 Å². The van der Waals surface area contributed by atoms with Crippen molar-refractivity contribution in [2.24, 2.45) is 5.92 Å². The number of fused-ring (bicyclic) bond motifs is 1. The molecule has 3 N–H and O–H groups in total. The van der Waals surface area contributed by atoms with E-state index in [-0.39, 0.29) is 29.9 Å². The third-order valence-corrected chi connectivity index (χ3v) is 8.68. The number of amides is 4. The average Bonchev–Trinajstić information content (AvgIpc) is 3.66. The molecule has 4 aliphatic rings. The second-order valence-corrected chi connectivity index (χ2v) is 11.4. The van der Waals surface area contributed by atoms with Gasteiger partial charge in [-0.2, -0.15) is 5.10 Å². The van der Waals surface area contributed by atoms with E-state index in [4.69, 9.17) is 5.10 Å². The van der Waals surface area contributed by atoms with E-state index >= 15 is 0 Å². The van der Waals surface area contributed by atoms with E-state index in [1.54, 1.807) is 18.2 Å². The van der Waals surface area contributed by atoms with Crippen LogP contribution in [0, 0.1) is 5.92 Å². The van der Waals surface area contributed by atoms with Gasteiger partial charge in [-0.3, -0.25) is 39.1 Å². The highest BCUT2D eigenvalue weighted by Crippen LogP contribution is 2.46. The van der Waals surface area contributed by atoms with Gasteiger partial charge in [0.05, 0.1) is 34.2 Å². The second-order valence-electron chi connectivity index (χ2n) is 11.4. The lowest BCUT2D eigenvalue weighted by atomic mass is 9.80. The van der Waals surface area contributed by atoms with Crippen LogP contribution in [0.1, 0.15) is 76.9 Å². The van der Waals surface area contributed by atoms with E-state index in [1.807, 2.05) is 25.4 Å². The van der Waals surface area contributed by atoms with Gasteiger partial charge in [-0.15, -0.1) is 0 Å². The third kappa shape index (κ3) is 4.45. The van der Waals surface area contributed by atoms with Gasteiger partial charge in [0.15, 0.2) is 0 Å². The average molecular weight is 554 g/mol. The molecule has 4 heterocycles. The van der Waals surface area contributed by atoms with Crippen LogP contribution >= 0.6 is 0 Å². The molecule has 1 atom stereocenters. The number of imide groups is 2. The molecule has 11 nitrogen and oxygen atoms in total. The van der Waals surface area contributed by atoms with Gasteiger partial charge in [-0.05, 0) is 68.4 Å². The van der Waals surface area contributed by atoms with Crippen LogP contribution in [0.15, 0.2) is 42.7 Å². The van der Waals surface area contributed by atoms with Gasteiger partial charge >= 0.3 is 0 Å². The van der Waals surface area contributed by atoms with Crippen LogP contribution in [-0.2, 0) is 9.59 Å². The molecule has 0 radical (unpaired) electrons. The van der Waals surface area contributed by atoms with Crippen molar-refractivity contribution in [2.45, 2.75) is 56.5 Å².